The summed E-state index contributed by atoms with van der Waals surface area (Å²) in [5.74, 6) is 4.49. The quantitative estimate of drug-likeness (QED) is 0.456. The van der Waals surface area contributed by atoms with Gasteiger partial charge in [0.2, 0.25) is 0 Å². The summed E-state index contributed by atoms with van der Waals surface area (Å²) >= 11 is 0. The first-order valence-corrected chi connectivity index (χ1v) is 5.98. The topological polar surface area (TPSA) is 67.6 Å². The van der Waals surface area contributed by atoms with Crippen LogP contribution in [0.5, 0.6) is 0 Å². The average molecular weight is 269 g/mol. The first kappa shape index (κ1) is 15.6. The van der Waals surface area contributed by atoms with Crippen molar-refractivity contribution in [3.05, 3.63) is 35.6 Å². The van der Waals surface area contributed by atoms with Gasteiger partial charge in [-0.2, -0.15) is 0 Å². The maximum Gasteiger partial charge on any atom is 0.253 e. The molecule has 1 aromatic carbocycles. The molecule has 0 aliphatic heterocycles. The van der Waals surface area contributed by atoms with Crippen molar-refractivity contribution in [2.75, 3.05) is 20.8 Å². The summed E-state index contributed by atoms with van der Waals surface area (Å²) < 4.78 is 18.8. The molecule has 0 spiro atoms. The number of hydrogen-bond acceptors (Lipinski definition) is 4. The number of likely N-dealkylation sites (N-methyl/N-ethyl adjacent to an activating group) is 1. The highest BCUT2D eigenvalue weighted by Crippen LogP contribution is 2.23. The SMILES string of the molecule is COCC(C(=O)NN)N(C)C(C)c1ccccc1F. The van der Waals surface area contributed by atoms with Crippen LogP contribution in [0.3, 0.4) is 0 Å². The van der Waals surface area contributed by atoms with E-state index in [-0.39, 0.29) is 24.4 Å². The Morgan fingerprint density at radius 1 is 1.53 bits per heavy atom. The largest absolute Gasteiger partial charge is 0.383 e. The second-order valence-electron chi connectivity index (χ2n) is 4.34. The molecule has 0 bridgehead atoms. The first-order chi connectivity index (χ1) is 9.02. The van der Waals surface area contributed by atoms with Gasteiger partial charge in [0.1, 0.15) is 11.9 Å². The molecule has 0 aromatic heterocycles. The van der Waals surface area contributed by atoms with Gasteiger partial charge in [0.05, 0.1) is 6.61 Å². The van der Waals surface area contributed by atoms with Crippen LogP contribution < -0.4 is 11.3 Å². The molecule has 0 radical (unpaired) electrons. The molecule has 1 rings (SSSR count). The van der Waals surface area contributed by atoms with Crippen molar-refractivity contribution in [1.29, 1.82) is 0 Å². The van der Waals surface area contributed by atoms with Crippen LogP contribution in [0.25, 0.3) is 0 Å². The van der Waals surface area contributed by atoms with Gasteiger partial charge >= 0.3 is 0 Å². The van der Waals surface area contributed by atoms with Crippen molar-refractivity contribution in [3.8, 4) is 0 Å². The monoisotopic (exact) mass is 269 g/mol. The molecule has 6 heteroatoms. The third-order valence-corrected chi connectivity index (χ3v) is 3.23. The van der Waals surface area contributed by atoms with Gasteiger partial charge in [-0.25, -0.2) is 10.2 Å². The Labute approximate surface area is 112 Å². The average Bonchev–Trinajstić information content (AvgIpc) is 2.43. The summed E-state index contributed by atoms with van der Waals surface area (Å²) in [5.41, 5.74) is 2.62. The van der Waals surface area contributed by atoms with Crippen LogP contribution in [0, 0.1) is 5.82 Å². The van der Waals surface area contributed by atoms with Crippen LogP contribution in [-0.4, -0.2) is 37.6 Å². The van der Waals surface area contributed by atoms with E-state index in [4.69, 9.17) is 10.6 Å². The van der Waals surface area contributed by atoms with Crippen molar-refractivity contribution in [3.63, 3.8) is 0 Å². The normalized spacial score (nSPS) is 14.2. The molecule has 1 amide bonds. The molecule has 0 heterocycles. The number of amides is 1. The lowest BCUT2D eigenvalue weighted by Gasteiger charge is -2.31. The van der Waals surface area contributed by atoms with Crippen molar-refractivity contribution < 1.29 is 13.9 Å². The molecular formula is C13H20FN3O2. The predicted octanol–water partition coefficient (Wildman–Crippen LogP) is 0.823. The van der Waals surface area contributed by atoms with Crippen molar-refractivity contribution in [1.82, 2.24) is 10.3 Å². The summed E-state index contributed by atoms with van der Waals surface area (Å²) in [4.78, 5) is 13.4. The van der Waals surface area contributed by atoms with E-state index < -0.39 is 6.04 Å². The second-order valence-corrected chi connectivity index (χ2v) is 4.34. The van der Waals surface area contributed by atoms with Gasteiger partial charge < -0.3 is 4.74 Å². The van der Waals surface area contributed by atoms with E-state index >= 15 is 0 Å². The molecule has 0 saturated carbocycles. The molecule has 19 heavy (non-hydrogen) atoms. The third-order valence-electron chi connectivity index (χ3n) is 3.23. The summed E-state index contributed by atoms with van der Waals surface area (Å²) in [6.45, 7) is 2.00. The maximum absolute atomic E-state index is 13.7. The van der Waals surface area contributed by atoms with Crippen LogP contribution in [0.15, 0.2) is 24.3 Å². The number of carbonyl (C=O) groups excluding carboxylic acids is 1. The van der Waals surface area contributed by atoms with E-state index in [9.17, 15) is 9.18 Å². The Morgan fingerprint density at radius 2 is 2.16 bits per heavy atom. The van der Waals surface area contributed by atoms with Crippen LogP contribution in [0.2, 0.25) is 0 Å². The molecule has 106 valence electrons. The number of nitrogens with two attached hydrogens (primary N) is 1. The van der Waals surface area contributed by atoms with E-state index in [1.807, 2.05) is 6.92 Å². The predicted molar refractivity (Wildman–Crippen MR) is 70.6 cm³/mol. The standard InChI is InChI=1S/C13H20FN3O2/c1-9(10-6-4-5-7-11(10)14)17(2)12(8-19-3)13(18)16-15/h4-7,9,12H,8,15H2,1-3H3,(H,16,18). The molecule has 0 aliphatic carbocycles. The minimum atomic E-state index is -0.579. The number of halogens is 1. The van der Waals surface area contributed by atoms with E-state index in [1.165, 1.54) is 13.2 Å². The van der Waals surface area contributed by atoms with Gasteiger partial charge in [0.15, 0.2) is 0 Å². The van der Waals surface area contributed by atoms with E-state index in [1.54, 1.807) is 30.1 Å². The number of methoxy groups -OCH3 is 1. The zero-order chi connectivity index (χ0) is 14.4. The highest BCUT2D eigenvalue weighted by atomic mass is 19.1. The van der Waals surface area contributed by atoms with Gasteiger partial charge in [0, 0.05) is 18.7 Å². The third kappa shape index (κ3) is 3.73. The Balaban J connectivity index is 2.93. The van der Waals surface area contributed by atoms with Gasteiger partial charge in [-0.1, -0.05) is 18.2 Å². The number of hydrazine groups is 1. The summed E-state index contributed by atoms with van der Waals surface area (Å²) in [6.07, 6.45) is 0. The Morgan fingerprint density at radius 3 is 2.68 bits per heavy atom. The zero-order valence-electron chi connectivity index (χ0n) is 11.4. The van der Waals surface area contributed by atoms with Crippen LogP contribution in [0.4, 0.5) is 4.39 Å². The van der Waals surface area contributed by atoms with Crippen LogP contribution >= 0.6 is 0 Å². The van der Waals surface area contributed by atoms with Gasteiger partial charge in [-0.3, -0.25) is 15.1 Å². The minimum absolute atomic E-state index is 0.179. The molecule has 5 nitrogen and oxygen atoms in total. The number of nitrogens with zero attached hydrogens (tertiary/aromatic N) is 1. The number of nitrogens with one attached hydrogen (secondary N) is 1. The van der Waals surface area contributed by atoms with Crippen molar-refractivity contribution in [2.45, 2.75) is 19.0 Å². The van der Waals surface area contributed by atoms with Crippen LogP contribution in [-0.2, 0) is 9.53 Å². The lowest BCUT2D eigenvalue weighted by Crippen LogP contribution is -2.50. The number of carbonyl (C=O) groups is 1. The molecule has 0 saturated heterocycles. The fourth-order valence-corrected chi connectivity index (χ4v) is 1.94. The molecule has 1 aromatic rings. The van der Waals surface area contributed by atoms with Crippen molar-refractivity contribution >= 4 is 5.91 Å². The van der Waals surface area contributed by atoms with Crippen molar-refractivity contribution in [2.24, 2.45) is 5.84 Å². The minimum Gasteiger partial charge on any atom is -0.383 e. The Bertz CT molecular complexity index is 428. The highest BCUT2D eigenvalue weighted by Gasteiger charge is 2.27. The molecular weight excluding hydrogens is 249 g/mol. The lowest BCUT2D eigenvalue weighted by molar-refractivity contribution is -0.128. The van der Waals surface area contributed by atoms with Crippen LogP contribution in [0.1, 0.15) is 18.5 Å². The molecule has 0 aliphatic rings. The number of benzene rings is 1. The smallest absolute Gasteiger partial charge is 0.253 e. The summed E-state index contributed by atoms with van der Waals surface area (Å²) in [5, 5.41) is 0. The molecule has 2 atom stereocenters. The molecule has 2 unspecified atom stereocenters. The Kier molecular flexibility index (Phi) is 5.88. The molecule has 3 N–H and O–H groups in total. The first-order valence-electron chi connectivity index (χ1n) is 5.98. The van der Waals surface area contributed by atoms with E-state index in [0.717, 1.165) is 0 Å². The highest BCUT2D eigenvalue weighted by molar-refractivity contribution is 5.81. The van der Waals surface area contributed by atoms with E-state index in [0.29, 0.717) is 5.56 Å². The number of rotatable bonds is 6. The zero-order valence-corrected chi connectivity index (χ0v) is 11.4. The molecule has 0 fully saturated rings. The lowest BCUT2D eigenvalue weighted by atomic mass is 10.0. The second kappa shape index (κ2) is 7.18. The summed E-state index contributed by atoms with van der Waals surface area (Å²) in [7, 11) is 3.23. The van der Waals surface area contributed by atoms with Gasteiger partial charge in [0.25, 0.3) is 5.91 Å². The fraction of sp³-hybridized carbons (Fsp3) is 0.462. The summed E-state index contributed by atoms with van der Waals surface area (Å²) in [6, 6.07) is 5.62. The van der Waals surface area contributed by atoms with E-state index in [2.05, 4.69) is 5.43 Å². The van der Waals surface area contributed by atoms with Gasteiger partial charge in [-0.15, -0.1) is 0 Å². The Hall–Kier alpha value is -1.50. The number of hydrogen-bond donors (Lipinski definition) is 2. The number of ether oxygens (including phenoxy) is 1. The fourth-order valence-electron chi connectivity index (χ4n) is 1.94. The maximum atomic E-state index is 13.7. The van der Waals surface area contributed by atoms with Gasteiger partial charge in [-0.05, 0) is 20.0 Å².